The first-order valence-electron chi connectivity index (χ1n) is 6.34. The molecule has 0 aliphatic rings. The molecule has 20 heavy (non-hydrogen) atoms. The number of ether oxygens (including phenoxy) is 2. The van der Waals surface area contributed by atoms with Gasteiger partial charge in [0, 0.05) is 25.8 Å². The molecule has 0 aliphatic carbocycles. The smallest absolute Gasteiger partial charge is 0.246 e. The van der Waals surface area contributed by atoms with Gasteiger partial charge in [-0.15, -0.1) is 0 Å². The third-order valence-electron chi connectivity index (χ3n) is 2.91. The number of aliphatic hydroxyl groups excluding tert-OH is 1. The maximum Gasteiger partial charge on any atom is 0.246 e. The van der Waals surface area contributed by atoms with E-state index in [2.05, 4.69) is 0 Å². The van der Waals surface area contributed by atoms with Gasteiger partial charge in [-0.2, -0.15) is 4.31 Å². The van der Waals surface area contributed by atoms with Crippen molar-refractivity contribution in [2.24, 2.45) is 0 Å². The lowest BCUT2D eigenvalue weighted by Crippen LogP contribution is -2.32. The van der Waals surface area contributed by atoms with Crippen molar-refractivity contribution < 1.29 is 23.0 Å². The summed E-state index contributed by atoms with van der Waals surface area (Å²) in [6, 6.07) is 4.64. The zero-order valence-corrected chi connectivity index (χ0v) is 12.8. The van der Waals surface area contributed by atoms with Gasteiger partial charge in [0.15, 0.2) is 0 Å². The molecule has 0 aromatic heterocycles. The van der Waals surface area contributed by atoms with Crippen molar-refractivity contribution in [3.05, 3.63) is 18.2 Å². The number of hydrogen-bond donors (Lipinski definition) is 1. The highest BCUT2D eigenvalue weighted by Crippen LogP contribution is 2.30. The van der Waals surface area contributed by atoms with Gasteiger partial charge in [0.25, 0.3) is 0 Å². The predicted octanol–water partition coefficient (Wildman–Crippen LogP) is 1.10. The van der Waals surface area contributed by atoms with E-state index >= 15 is 0 Å². The molecule has 0 radical (unpaired) electrons. The van der Waals surface area contributed by atoms with Crippen LogP contribution in [-0.4, -0.2) is 51.7 Å². The van der Waals surface area contributed by atoms with Crippen LogP contribution in [0.25, 0.3) is 0 Å². The van der Waals surface area contributed by atoms with Gasteiger partial charge in [-0.1, -0.05) is 6.92 Å². The first-order valence-corrected chi connectivity index (χ1v) is 7.78. The third kappa shape index (κ3) is 3.62. The number of benzene rings is 1. The fourth-order valence-corrected chi connectivity index (χ4v) is 3.48. The molecule has 0 aliphatic heterocycles. The topological polar surface area (TPSA) is 76.1 Å². The molecule has 0 unspecified atom stereocenters. The van der Waals surface area contributed by atoms with Crippen LogP contribution < -0.4 is 9.47 Å². The Balaban J connectivity index is 3.24. The number of hydrogen-bond acceptors (Lipinski definition) is 5. The Kier molecular flexibility index (Phi) is 6.25. The lowest BCUT2D eigenvalue weighted by Gasteiger charge is -2.21. The second-order valence-electron chi connectivity index (χ2n) is 4.09. The van der Waals surface area contributed by atoms with E-state index in [9.17, 15) is 8.42 Å². The molecule has 0 bridgehead atoms. The number of methoxy groups -OCH3 is 2. The summed E-state index contributed by atoms with van der Waals surface area (Å²) in [4.78, 5) is 0.0686. The molecule has 7 heteroatoms. The number of aliphatic hydroxyl groups is 1. The predicted molar refractivity (Wildman–Crippen MR) is 75.7 cm³/mol. The Morgan fingerprint density at radius 1 is 1.25 bits per heavy atom. The van der Waals surface area contributed by atoms with E-state index < -0.39 is 10.0 Å². The first-order chi connectivity index (χ1) is 9.51. The quantitative estimate of drug-likeness (QED) is 0.778. The summed E-state index contributed by atoms with van der Waals surface area (Å²) >= 11 is 0. The minimum absolute atomic E-state index is 0.0543. The number of nitrogens with zero attached hydrogens (tertiary/aromatic N) is 1. The molecule has 1 aromatic carbocycles. The lowest BCUT2D eigenvalue weighted by atomic mass is 10.3. The van der Waals surface area contributed by atoms with Crippen LogP contribution in [0.15, 0.2) is 23.1 Å². The van der Waals surface area contributed by atoms with Crippen molar-refractivity contribution in [1.82, 2.24) is 4.31 Å². The summed E-state index contributed by atoms with van der Waals surface area (Å²) in [5.74, 6) is 0.718. The highest BCUT2D eigenvalue weighted by Gasteiger charge is 2.26. The summed E-state index contributed by atoms with van der Waals surface area (Å²) in [5, 5.41) is 8.86. The largest absolute Gasteiger partial charge is 0.497 e. The van der Waals surface area contributed by atoms with Crippen molar-refractivity contribution >= 4 is 10.0 Å². The molecule has 6 nitrogen and oxygen atoms in total. The van der Waals surface area contributed by atoms with Crippen LogP contribution >= 0.6 is 0 Å². The Morgan fingerprint density at radius 3 is 2.45 bits per heavy atom. The Labute approximate surface area is 120 Å². The fourth-order valence-electron chi connectivity index (χ4n) is 1.82. The molecule has 0 amide bonds. The summed E-state index contributed by atoms with van der Waals surface area (Å²) in [7, 11) is -0.786. The second-order valence-corrected chi connectivity index (χ2v) is 6.00. The highest BCUT2D eigenvalue weighted by molar-refractivity contribution is 7.89. The first kappa shape index (κ1) is 16.7. The minimum atomic E-state index is -3.68. The zero-order chi connectivity index (χ0) is 15.2. The average molecular weight is 303 g/mol. The normalized spacial score (nSPS) is 11.7. The Hall–Kier alpha value is -1.31. The van der Waals surface area contributed by atoms with Gasteiger partial charge in [0.1, 0.15) is 16.4 Å². The molecule has 1 aromatic rings. The summed E-state index contributed by atoms with van der Waals surface area (Å²) in [5.41, 5.74) is 0. The van der Waals surface area contributed by atoms with Gasteiger partial charge < -0.3 is 14.6 Å². The van der Waals surface area contributed by atoms with Gasteiger partial charge in [-0.25, -0.2) is 8.42 Å². The van der Waals surface area contributed by atoms with Crippen molar-refractivity contribution in [2.75, 3.05) is 33.9 Å². The zero-order valence-electron chi connectivity index (χ0n) is 12.0. The van der Waals surface area contributed by atoms with Gasteiger partial charge in [-0.3, -0.25) is 0 Å². The summed E-state index contributed by atoms with van der Waals surface area (Å²) in [6.07, 6.45) is 0.388. The van der Waals surface area contributed by atoms with Gasteiger partial charge in [0.05, 0.1) is 14.2 Å². The van der Waals surface area contributed by atoms with E-state index in [-0.39, 0.29) is 23.8 Å². The van der Waals surface area contributed by atoms with Gasteiger partial charge in [0.2, 0.25) is 10.0 Å². The standard InChI is InChI=1S/C13H21NO5S/c1-4-14(8-5-9-15)20(16,17)13-10-11(18-2)6-7-12(13)19-3/h6-7,10,15H,4-5,8-9H2,1-3H3. The minimum Gasteiger partial charge on any atom is -0.497 e. The number of sulfonamides is 1. The van der Waals surface area contributed by atoms with Crippen molar-refractivity contribution in [2.45, 2.75) is 18.2 Å². The molecule has 0 spiro atoms. The number of rotatable bonds is 8. The Bertz CT molecular complexity index is 530. The molecule has 0 saturated carbocycles. The van der Waals surface area contributed by atoms with E-state index in [1.54, 1.807) is 19.1 Å². The van der Waals surface area contributed by atoms with E-state index in [1.807, 2.05) is 0 Å². The molecule has 0 heterocycles. The van der Waals surface area contributed by atoms with Crippen LogP contribution in [0.1, 0.15) is 13.3 Å². The lowest BCUT2D eigenvalue weighted by molar-refractivity contribution is 0.270. The molecule has 114 valence electrons. The van der Waals surface area contributed by atoms with Crippen molar-refractivity contribution in [1.29, 1.82) is 0 Å². The van der Waals surface area contributed by atoms with Gasteiger partial charge >= 0.3 is 0 Å². The summed E-state index contributed by atoms with van der Waals surface area (Å²) < 4.78 is 36.7. The third-order valence-corrected chi connectivity index (χ3v) is 4.90. The van der Waals surface area contributed by atoms with Crippen LogP contribution in [0.5, 0.6) is 11.5 Å². The maximum absolute atomic E-state index is 12.6. The van der Waals surface area contributed by atoms with E-state index in [0.717, 1.165) is 0 Å². The maximum atomic E-state index is 12.6. The SMILES string of the molecule is CCN(CCCO)S(=O)(=O)c1cc(OC)ccc1OC. The van der Waals surface area contributed by atoms with Crippen LogP contribution in [0, 0.1) is 0 Å². The monoisotopic (exact) mass is 303 g/mol. The van der Waals surface area contributed by atoms with E-state index in [0.29, 0.717) is 18.7 Å². The van der Waals surface area contributed by atoms with Crippen molar-refractivity contribution in [3.8, 4) is 11.5 Å². The molecule has 1 N–H and O–H groups in total. The van der Waals surface area contributed by atoms with Crippen LogP contribution in [-0.2, 0) is 10.0 Å². The molecule has 0 atom stereocenters. The second kappa shape index (κ2) is 7.47. The summed E-state index contributed by atoms with van der Waals surface area (Å²) in [6.45, 7) is 2.28. The molecule has 1 rings (SSSR count). The van der Waals surface area contributed by atoms with E-state index in [4.69, 9.17) is 14.6 Å². The molecular weight excluding hydrogens is 282 g/mol. The average Bonchev–Trinajstić information content (AvgIpc) is 2.47. The molecule has 0 fully saturated rings. The van der Waals surface area contributed by atoms with Crippen LogP contribution in [0.2, 0.25) is 0 Å². The highest BCUT2D eigenvalue weighted by atomic mass is 32.2. The van der Waals surface area contributed by atoms with Crippen LogP contribution in [0.3, 0.4) is 0 Å². The Morgan fingerprint density at radius 2 is 1.95 bits per heavy atom. The fraction of sp³-hybridized carbons (Fsp3) is 0.538. The van der Waals surface area contributed by atoms with Crippen LogP contribution in [0.4, 0.5) is 0 Å². The van der Waals surface area contributed by atoms with Gasteiger partial charge in [-0.05, 0) is 18.6 Å². The van der Waals surface area contributed by atoms with E-state index in [1.165, 1.54) is 24.6 Å². The van der Waals surface area contributed by atoms with Crippen molar-refractivity contribution in [3.63, 3.8) is 0 Å². The molecular formula is C13H21NO5S. The molecule has 0 saturated heterocycles.